The molecule has 8 heteroatoms. The van der Waals surface area contributed by atoms with E-state index in [-0.39, 0.29) is 17.7 Å². The molecule has 0 aliphatic rings. The molecule has 2 heterocycles. The Hall–Kier alpha value is -2.06. The summed E-state index contributed by atoms with van der Waals surface area (Å²) in [6, 6.07) is 11.3. The van der Waals surface area contributed by atoms with Gasteiger partial charge >= 0.3 is 0 Å². The molecule has 3 rings (SSSR count). The van der Waals surface area contributed by atoms with Crippen LogP contribution in [0.5, 0.6) is 0 Å². The highest BCUT2D eigenvalue weighted by Gasteiger charge is 2.19. The molecule has 0 aliphatic heterocycles. The van der Waals surface area contributed by atoms with Gasteiger partial charge in [-0.3, -0.25) is 9.36 Å². The van der Waals surface area contributed by atoms with Crippen LogP contribution in [0.25, 0.3) is 11.6 Å². The summed E-state index contributed by atoms with van der Waals surface area (Å²) in [6.07, 6.45) is 1.60. The van der Waals surface area contributed by atoms with E-state index >= 15 is 0 Å². The van der Waals surface area contributed by atoms with E-state index < -0.39 is 0 Å². The molecule has 1 aromatic carbocycles. The van der Waals surface area contributed by atoms with Crippen molar-refractivity contribution < 1.29 is 9.21 Å². The quantitative estimate of drug-likeness (QED) is 0.589. The molecular formula is C17H17BrN4O2S. The number of anilines is 1. The number of amides is 1. The van der Waals surface area contributed by atoms with Gasteiger partial charge in [0.05, 0.1) is 12.0 Å². The molecule has 0 fully saturated rings. The van der Waals surface area contributed by atoms with E-state index in [9.17, 15) is 4.79 Å². The van der Waals surface area contributed by atoms with Gasteiger partial charge < -0.3 is 9.73 Å². The number of nitrogens with zero attached hydrogens (tertiary/aromatic N) is 3. The fourth-order valence-corrected chi connectivity index (χ4v) is 3.41. The third kappa shape index (κ3) is 4.32. The summed E-state index contributed by atoms with van der Waals surface area (Å²) in [7, 11) is 0. The van der Waals surface area contributed by atoms with Crippen molar-refractivity contribution >= 4 is 39.3 Å². The van der Waals surface area contributed by atoms with Crippen molar-refractivity contribution in [2.75, 3.05) is 11.1 Å². The molecule has 0 unspecified atom stereocenters. The van der Waals surface area contributed by atoms with Crippen LogP contribution in [0, 0.1) is 0 Å². The fraction of sp³-hybridized carbons (Fsp3) is 0.235. The standard InChI is InChI=1S/C17H17BrN4O2S/c1-11(2)22-16(14-4-3-9-24-14)20-21-17(22)25-10-15(23)19-13-7-5-12(18)6-8-13/h3-9,11H,10H2,1-2H3,(H,19,23). The highest BCUT2D eigenvalue weighted by atomic mass is 79.9. The minimum Gasteiger partial charge on any atom is -0.461 e. The molecule has 6 nitrogen and oxygen atoms in total. The van der Waals surface area contributed by atoms with Gasteiger partial charge in [-0.05, 0) is 50.2 Å². The number of carbonyl (C=O) groups is 1. The average Bonchev–Trinajstić information content (AvgIpc) is 3.24. The fourth-order valence-electron chi connectivity index (χ4n) is 2.28. The molecule has 0 atom stereocenters. The van der Waals surface area contributed by atoms with E-state index in [4.69, 9.17) is 4.42 Å². The lowest BCUT2D eigenvalue weighted by molar-refractivity contribution is -0.113. The van der Waals surface area contributed by atoms with E-state index in [0.717, 1.165) is 10.2 Å². The summed E-state index contributed by atoms with van der Waals surface area (Å²) in [5, 5.41) is 12.0. The van der Waals surface area contributed by atoms with Gasteiger partial charge in [0.15, 0.2) is 10.9 Å². The number of hydrogen-bond acceptors (Lipinski definition) is 5. The van der Waals surface area contributed by atoms with Gasteiger partial charge in [-0.1, -0.05) is 27.7 Å². The van der Waals surface area contributed by atoms with Gasteiger partial charge in [0.1, 0.15) is 0 Å². The Kier molecular flexibility index (Phi) is 5.60. The molecule has 0 radical (unpaired) electrons. The van der Waals surface area contributed by atoms with Crippen molar-refractivity contribution in [3.8, 4) is 11.6 Å². The molecule has 1 N–H and O–H groups in total. The lowest BCUT2D eigenvalue weighted by Crippen LogP contribution is -2.15. The molecule has 0 spiro atoms. The van der Waals surface area contributed by atoms with Gasteiger partial charge in [-0.25, -0.2) is 0 Å². The molecule has 0 bridgehead atoms. The molecule has 3 aromatic rings. The third-order valence-corrected chi connectivity index (χ3v) is 4.85. The molecule has 2 aromatic heterocycles. The summed E-state index contributed by atoms with van der Waals surface area (Å²) in [5.41, 5.74) is 0.760. The molecular weight excluding hydrogens is 404 g/mol. The summed E-state index contributed by atoms with van der Waals surface area (Å²) in [5.74, 6) is 1.48. The molecule has 1 amide bonds. The Balaban J connectivity index is 1.68. The number of nitrogens with one attached hydrogen (secondary N) is 1. The average molecular weight is 421 g/mol. The largest absolute Gasteiger partial charge is 0.461 e. The van der Waals surface area contributed by atoms with Gasteiger partial charge in [-0.15, -0.1) is 10.2 Å². The van der Waals surface area contributed by atoms with E-state index in [1.807, 2.05) is 54.8 Å². The van der Waals surface area contributed by atoms with Gasteiger partial charge in [0.2, 0.25) is 11.7 Å². The summed E-state index contributed by atoms with van der Waals surface area (Å²) in [6.45, 7) is 4.09. The second-order valence-electron chi connectivity index (χ2n) is 5.59. The van der Waals surface area contributed by atoms with Crippen molar-refractivity contribution in [2.45, 2.75) is 25.0 Å². The number of benzene rings is 1. The van der Waals surface area contributed by atoms with Gasteiger partial charge in [-0.2, -0.15) is 0 Å². The van der Waals surface area contributed by atoms with E-state index in [0.29, 0.717) is 16.7 Å². The maximum Gasteiger partial charge on any atom is 0.234 e. The van der Waals surface area contributed by atoms with E-state index in [1.165, 1.54) is 11.8 Å². The van der Waals surface area contributed by atoms with Crippen molar-refractivity contribution in [1.82, 2.24) is 14.8 Å². The van der Waals surface area contributed by atoms with Crippen LogP contribution in [0.2, 0.25) is 0 Å². The second kappa shape index (κ2) is 7.88. The first kappa shape index (κ1) is 17.8. The number of furan rings is 1. The molecule has 0 saturated carbocycles. The second-order valence-corrected chi connectivity index (χ2v) is 7.45. The zero-order valence-corrected chi connectivity index (χ0v) is 16.2. The van der Waals surface area contributed by atoms with Gasteiger partial charge in [0.25, 0.3) is 0 Å². The number of rotatable bonds is 6. The van der Waals surface area contributed by atoms with Crippen LogP contribution in [0.3, 0.4) is 0 Å². The highest BCUT2D eigenvalue weighted by Crippen LogP contribution is 2.28. The Morgan fingerprint density at radius 1 is 1.28 bits per heavy atom. The number of carbonyl (C=O) groups excluding carboxylic acids is 1. The number of aromatic nitrogens is 3. The first-order chi connectivity index (χ1) is 12.0. The minimum absolute atomic E-state index is 0.0924. The normalized spacial score (nSPS) is 11.0. The third-order valence-electron chi connectivity index (χ3n) is 3.38. The van der Waals surface area contributed by atoms with E-state index in [2.05, 4.69) is 31.4 Å². The number of hydrogen-bond donors (Lipinski definition) is 1. The predicted octanol–water partition coefficient (Wildman–Crippen LogP) is 4.61. The van der Waals surface area contributed by atoms with E-state index in [1.54, 1.807) is 6.26 Å². The van der Waals surface area contributed by atoms with Crippen LogP contribution in [-0.2, 0) is 4.79 Å². The zero-order chi connectivity index (χ0) is 17.8. The van der Waals surface area contributed by atoms with Crippen LogP contribution in [-0.4, -0.2) is 26.4 Å². The number of halogens is 1. The lowest BCUT2D eigenvalue weighted by atomic mass is 10.3. The van der Waals surface area contributed by atoms with Crippen molar-refractivity contribution in [3.63, 3.8) is 0 Å². The Morgan fingerprint density at radius 2 is 2.04 bits per heavy atom. The lowest BCUT2D eigenvalue weighted by Gasteiger charge is -2.12. The maximum absolute atomic E-state index is 12.2. The van der Waals surface area contributed by atoms with Gasteiger partial charge in [0, 0.05) is 16.2 Å². The van der Waals surface area contributed by atoms with Crippen LogP contribution in [0.1, 0.15) is 19.9 Å². The highest BCUT2D eigenvalue weighted by molar-refractivity contribution is 9.10. The smallest absolute Gasteiger partial charge is 0.234 e. The topological polar surface area (TPSA) is 73.0 Å². The maximum atomic E-state index is 12.2. The minimum atomic E-state index is -0.0924. The zero-order valence-electron chi connectivity index (χ0n) is 13.8. The Bertz CT molecular complexity index is 844. The molecule has 0 aliphatic carbocycles. The summed E-state index contributed by atoms with van der Waals surface area (Å²) < 4.78 is 8.36. The Morgan fingerprint density at radius 3 is 2.68 bits per heavy atom. The summed E-state index contributed by atoms with van der Waals surface area (Å²) >= 11 is 4.72. The molecule has 0 saturated heterocycles. The Labute approximate surface area is 158 Å². The first-order valence-electron chi connectivity index (χ1n) is 7.71. The van der Waals surface area contributed by atoms with Crippen molar-refractivity contribution in [2.24, 2.45) is 0 Å². The van der Waals surface area contributed by atoms with Crippen LogP contribution >= 0.6 is 27.7 Å². The van der Waals surface area contributed by atoms with Crippen LogP contribution in [0.15, 0.2) is 56.7 Å². The SMILES string of the molecule is CC(C)n1c(SCC(=O)Nc2ccc(Br)cc2)nnc1-c1ccco1. The summed E-state index contributed by atoms with van der Waals surface area (Å²) in [4.78, 5) is 12.2. The van der Waals surface area contributed by atoms with Crippen LogP contribution in [0.4, 0.5) is 5.69 Å². The van der Waals surface area contributed by atoms with Crippen LogP contribution < -0.4 is 5.32 Å². The monoisotopic (exact) mass is 420 g/mol. The van der Waals surface area contributed by atoms with Crippen molar-refractivity contribution in [3.05, 3.63) is 47.1 Å². The first-order valence-corrected chi connectivity index (χ1v) is 9.49. The molecule has 130 valence electrons. The number of thioether (sulfide) groups is 1. The predicted molar refractivity (Wildman–Crippen MR) is 102 cm³/mol. The van der Waals surface area contributed by atoms with Crippen molar-refractivity contribution in [1.29, 1.82) is 0 Å². The molecule has 25 heavy (non-hydrogen) atoms.